The van der Waals surface area contributed by atoms with Crippen LogP contribution in [0.15, 0.2) is 32.0 Å². The molecule has 7 heteroatoms. The minimum absolute atomic E-state index is 0.215. The van der Waals surface area contributed by atoms with Gasteiger partial charge in [-0.05, 0) is 34.1 Å². The molecule has 0 saturated carbocycles. The number of nitrogens with one attached hydrogen (secondary N) is 1. The van der Waals surface area contributed by atoms with Crippen LogP contribution < -0.4 is 4.72 Å². The van der Waals surface area contributed by atoms with Crippen LogP contribution in [-0.2, 0) is 14.8 Å². The highest BCUT2D eigenvalue weighted by Gasteiger charge is 2.16. The average molecular weight is 373 g/mol. The molecule has 0 bridgehead atoms. The molecular formula is C9H11Br2NO3S. The van der Waals surface area contributed by atoms with E-state index >= 15 is 0 Å². The van der Waals surface area contributed by atoms with Crippen LogP contribution in [0.25, 0.3) is 0 Å². The zero-order valence-corrected chi connectivity index (χ0v) is 12.5. The predicted molar refractivity (Wildman–Crippen MR) is 68.9 cm³/mol. The van der Waals surface area contributed by atoms with Crippen LogP contribution in [-0.4, -0.2) is 28.7 Å². The van der Waals surface area contributed by atoms with Gasteiger partial charge in [0.15, 0.2) is 0 Å². The second-order valence-electron chi connectivity index (χ2n) is 2.97. The van der Waals surface area contributed by atoms with Crippen molar-refractivity contribution < 1.29 is 13.2 Å². The van der Waals surface area contributed by atoms with Gasteiger partial charge in [0.25, 0.3) is 0 Å². The lowest BCUT2D eigenvalue weighted by Gasteiger charge is -2.08. The number of halogens is 2. The summed E-state index contributed by atoms with van der Waals surface area (Å²) in [6.07, 6.45) is 0. The quantitative estimate of drug-likeness (QED) is 0.805. The van der Waals surface area contributed by atoms with Crippen molar-refractivity contribution in [3.8, 4) is 0 Å². The van der Waals surface area contributed by atoms with Gasteiger partial charge in [-0.3, -0.25) is 0 Å². The molecule has 90 valence electrons. The first-order chi connectivity index (χ1) is 7.47. The van der Waals surface area contributed by atoms with Gasteiger partial charge in [-0.2, -0.15) is 0 Å². The van der Waals surface area contributed by atoms with Crippen molar-refractivity contribution in [3.05, 3.63) is 27.1 Å². The molecule has 0 aliphatic carbocycles. The maximum absolute atomic E-state index is 11.8. The van der Waals surface area contributed by atoms with Gasteiger partial charge in [0.1, 0.15) is 0 Å². The molecule has 0 aromatic heterocycles. The first kappa shape index (κ1) is 14.1. The standard InChI is InChI=1S/C9H11Br2NO3S/c1-15-5-4-12-16(13,14)9-3-2-7(10)6-8(9)11/h2-3,6,12H,4-5H2,1H3. The van der Waals surface area contributed by atoms with E-state index in [0.717, 1.165) is 4.47 Å². The third kappa shape index (κ3) is 3.81. The van der Waals surface area contributed by atoms with Crippen LogP contribution in [0.3, 0.4) is 0 Å². The van der Waals surface area contributed by atoms with Crippen LogP contribution in [0, 0.1) is 0 Å². The molecule has 4 nitrogen and oxygen atoms in total. The monoisotopic (exact) mass is 371 g/mol. The van der Waals surface area contributed by atoms with Crippen molar-refractivity contribution in [3.63, 3.8) is 0 Å². The van der Waals surface area contributed by atoms with Gasteiger partial charge in [-0.15, -0.1) is 0 Å². The number of hydrogen-bond donors (Lipinski definition) is 1. The van der Waals surface area contributed by atoms with Crippen LogP contribution in [0.4, 0.5) is 0 Å². The fraction of sp³-hybridized carbons (Fsp3) is 0.333. The number of methoxy groups -OCH3 is 1. The van der Waals surface area contributed by atoms with Crippen molar-refractivity contribution >= 4 is 41.9 Å². The molecule has 1 rings (SSSR count). The van der Waals surface area contributed by atoms with Crippen molar-refractivity contribution in [2.75, 3.05) is 20.3 Å². The van der Waals surface area contributed by atoms with Crippen LogP contribution >= 0.6 is 31.9 Å². The Morgan fingerprint density at radius 2 is 2.06 bits per heavy atom. The molecule has 0 atom stereocenters. The molecule has 0 fully saturated rings. The maximum Gasteiger partial charge on any atom is 0.241 e. The minimum atomic E-state index is -3.48. The molecule has 0 saturated heterocycles. The Morgan fingerprint density at radius 1 is 1.38 bits per heavy atom. The Morgan fingerprint density at radius 3 is 2.62 bits per heavy atom. The molecule has 1 aromatic rings. The maximum atomic E-state index is 11.8. The Bertz CT molecular complexity index is 462. The third-order valence-corrected chi connectivity index (χ3v) is 4.71. The van der Waals surface area contributed by atoms with E-state index in [1.807, 2.05) is 0 Å². The van der Waals surface area contributed by atoms with Crippen LogP contribution in [0.1, 0.15) is 0 Å². The van der Waals surface area contributed by atoms with E-state index < -0.39 is 10.0 Å². The molecule has 0 aliphatic rings. The molecule has 1 N–H and O–H groups in total. The highest BCUT2D eigenvalue weighted by Crippen LogP contribution is 2.25. The second-order valence-corrected chi connectivity index (χ2v) is 6.47. The molecule has 0 amide bonds. The molecule has 16 heavy (non-hydrogen) atoms. The summed E-state index contributed by atoms with van der Waals surface area (Å²) in [5.41, 5.74) is 0. The summed E-state index contributed by atoms with van der Waals surface area (Å²) in [6, 6.07) is 4.89. The largest absolute Gasteiger partial charge is 0.383 e. The summed E-state index contributed by atoms with van der Waals surface area (Å²) in [7, 11) is -1.96. The van der Waals surface area contributed by atoms with E-state index in [4.69, 9.17) is 4.74 Å². The number of hydrogen-bond acceptors (Lipinski definition) is 3. The average Bonchev–Trinajstić information content (AvgIpc) is 2.17. The smallest absolute Gasteiger partial charge is 0.241 e. The van der Waals surface area contributed by atoms with E-state index in [2.05, 4.69) is 36.6 Å². The Hall–Kier alpha value is 0.0500. The van der Waals surface area contributed by atoms with Gasteiger partial charge in [-0.25, -0.2) is 13.1 Å². The lowest BCUT2D eigenvalue weighted by Crippen LogP contribution is -2.27. The topological polar surface area (TPSA) is 55.4 Å². The summed E-state index contributed by atoms with van der Waals surface area (Å²) in [5.74, 6) is 0. The first-order valence-corrected chi connectivity index (χ1v) is 7.48. The van der Waals surface area contributed by atoms with Crippen molar-refractivity contribution in [1.82, 2.24) is 4.72 Å². The molecule has 0 radical (unpaired) electrons. The van der Waals surface area contributed by atoms with E-state index in [9.17, 15) is 8.42 Å². The highest BCUT2D eigenvalue weighted by molar-refractivity contribution is 9.11. The predicted octanol–water partition coefficient (Wildman–Crippen LogP) is 2.14. The van der Waals surface area contributed by atoms with Crippen LogP contribution in [0.2, 0.25) is 0 Å². The van der Waals surface area contributed by atoms with Gasteiger partial charge in [0.2, 0.25) is 10.0 Å². The second kappa shape index (κ2) is 6.11. The minimum Gasteiger partial charge on any atom is -0.383 e. The number of ether oxygens (including phenoxy) is 1. The van der Waals surface area contributed by atoms with E-state index in [0.29, 0.717) is 11.1 Å². The molecule has 0 spiro atoms. The summed E-state index contributed by atoms with van der Waals surface area (Å²) in [6.45, 7) is 0.592. The summed E-state index contributed by atoms with van der Waals surface area (Å²) in [4.78, 5) is 0.215. The van der Waals surface area contributed by atoms with Gasteiger partial charge in [0.05, 0.1) is 11.5 Å². The normalized spacial score (nSPS) is 11.7. The molecule has 0 unspecified atom stereocenters. The molecule has 1 aromatic carbocycles. The fourth-order valence-corrected chi connectivity index (χ4v) is 3.81. The van der Waals surface area contributed by atoms with Gasteiger partial charge < -0.3 is 4.74 Å². The third-order valence-electron chi connectivity index (χ3n) is 1.78. The first-order valence-electron chi connectivity index (χ1n) is 4.41. The fourth-order valence-electron chi connectivity index (χ4n) is 1.05. The Kier molecular flexibility index (Phi) is 5.39. The van der Waals surface area contributed by atoms with Crippen molar-refractivity contribution in [2.45, 2.75) is 4.90 Å². The SMILES string of the molecule is COCCNS(=O)(=O)c1ccc(Br)cc1Br. The lowest BCUT2D eigenvalue weighted by atomic mass is 10.4. The van der Waals surface area contributed by atoms with E-state index in [-0.39, 0.29) is 11.4 Å². The highest BCUT2D eigenvalue weighted by atomic mass is 79.9. The lowest BCUT2D eigenvalue weighted by molar-refractivity contribution is 0.204. The van der Waals surface area contributed by atoms with Crippen molar-refractivity contribution in [2.24, 2.45) is 0 Å². The zero-order chi connectivity index (χ0) is 12.2. The Labute approximate surface area is 112 Å². The molecule has 0 aliphatic heterocycles. The van der Waals surface area contributed by atoms with E-state index in [1.54, 1.807) is 12.1 Å². The zero-order valence-electron chi connectivity index (χ0n) is 8.54. The summed E-state index contributed by atoms with van der Waals surface area (Å²) < 4.78 is 32.2. The number of rotatable bonds is 5. The number of sulfonamides is 1. The van der Waals surface area contributed by atoms with Gasteiger partial charge in [0, 0.05) is 22.6 Å². The van der Waals surface area contributed by atoms with Gasteiger partial charge in [-0.1, -0.05) is 15.9 Å². The molecule has 0 heterocycles. The summed E-state index contributed by atoms with van der Waals surface area (Å²) in [5, 5.41) is 0. The van der Waals surface area contributed by atoms with Crippen molar-refractivity contribution in [1.29, 1.82) is 0 Å². The number of benzene rings is 1. The van der Waals surface area contributed by atoms with E-state index in [1.165, 1.54) is 13.2 Å². The van der Waals surface area contributed by atoms with Gasteiger partial charge >= 0.3 is 0 Å². The summed E-state index contributed by atoms with van der Waals surface area (Å²) >= 11 is 6.47. The molecular weight excluding hydrogens is 362 g/mol. The Balaban J connectivity index is 2.90. The van der Waals surface area contributed by atoms with Crippen LogP contribution in [0.5, 0.6) is 0 Å².